The summed E-state index contributed by atoms with van der Waals surface area (Å²) >= 11 is 0. The quantitative estimate of drug-likeness (QED) is 0.481. The molecule has 0 aliphatic rings. The number of hydrogen-bond donors (Lipinski definition) is 0. The fourth-order valence-corrected chi connectivity index (χ4v) is 1.78. The molecule has 1 aromatic rings. The van der Waals surface area contributed by atoms with Crippen molar-refractivity contribution in [2.75, 3.05) is 19.8 Å². The molecule has 1 aromatic carbocycles. The molecule has 0 saturated heterocycles. The molecule has 0 amide bonds. The molecule has 0 radical (unpaired) electrons. The van der Waals surface area contributed by atoms with Crippen LogP contribution in [0.4, 0.5) is 0 Å². The number of carbonyl (C=O) groups excluding carboxylic acids is 1. The Balaban J connectivity index is 1.92. The summed E-state index contributed by atoms with van der Waals surface area (Å²) in [7, 11) is 0. The van der Waals surface area contributed by atoms with E-state index in [1.165, 1.54) is 5.56 Å². The number of hydrogen-bond acceptors (Lipinski definition) is 3. The molecule has 0 N–H and O–H groups in total. The molecule has 0 aliphatic heterocycles. The first-order chi connectivity index (χ1) is 9.83. The Hall–Kier alpha value is -1.61. The summed E-state index contributed by atoms with van der Waals surface area (Å²) in [4.78, 5) is 11.0. The second kappa shape index (κ2) is 11.2. The minimum Gasteiger partial charge on any atom is -0.464 e. The van der Waals surface area contributed by atoms with Gasteiger partial charge < -0.3 is 9.47 Å². The van der Waals surface area contributed by atoms with E-state index in [1.807, 2.05) is 18.2 Å². The van der Waals surface area contributed by atoms with E-state index in [2.05, 4.69) is 24.3 Å². The highest BCUT2D eigenvalue weighted by molar-refractivity contribution is 5.70. The van der Waals surface area contributed by atoms with Crippen LogP contribution in [0.1, 0.15) is 38.2 Å². The first kappa shape index (κ1) is 16.4. The minimum absolute atomic E-state index is 0.0712. The maximum absolute atomic E-state index is 11.0. The van der Waals surface area contributed by atoms with Crippen molar-refractivity contribution in [3.8, 4) is 0 Å². The first-order valence-corrected chi connectivity index (χ1v) is 7.28. The van der Waals surface area contributed by atoms with Crippen molar-refractivity contribution >= 4 is 12.0 Å². The first-order valence-electron chi connectivity index (χ1n) is 7.28. The van der Waals surface area contributed by atoms with E-state index in [1.54, 1.807) is 6.92 Å². The number of carbonyl (C=O) groups is 1. The molecule has 3 nitrogen and oxygen atoms in total. The second-order valence-electron chi connectivity index (χ2n) is 4.52. The van der Waals surface area contributed by atoms with Gasteiger partial charge >= 0.3 is 5.97 Å². The Morgan fingerprint density at radius 3 is 2.70 bits per heavy atom. The Bertz CT molecular complexity index is 384. The summed E-state index contributed by atoms with van der Waals surface area (Å²) in [6.07, 6.45) is 8.67. The Labute approximate surface area is 121 Å². The van der Waals surface area contributed by atoms with Crippen LogP contribution in [0.2, 0.25) is 0 Å². The van der Waals surface area contributed by atoms with Crippen LogP contribution in [0, 0.1) is 0 Å². The van der Waals surface area contributed by atoms with E-state index in [4.69, 9.17) is 9.47 Å². The molecule has 0 unspecified atom stereocenters. The van der Waals surface area contributed by atoms with Crippen LogP contribution < -0.4 is 0 Å². The predicted molar refractivity (Wildman–Crippen MR) is 81.4 cm³/mol. The van der Waals surface area contributed by atoms with E-state index in [0.29, 0.717) is 13.2 Å². The van der Waals surface area contributed by atoms with Crippen LogP contribution in [0.5, 0.6) is 0 Å². The lowest BCUT2D eigenvalue weighted by molar-refractivity contribution is -0.148. The topological polar surface area (TPSA) is 35.5 Å². The fraction of sp³-hybridized carbons (Fsp3) is 0.471. The van der Waals surface area contributed by atoms with E-state index < -0.39 is 0 Å². The van der Waals surface area contributed by atoms with Gasteiger partial charge in [-0.15, -0.1) is 0 Å². The lowest BCUT2D eigenvalue weighted by atomic mass is 10.1. The molecule has 0 atom stereocenters. The van der Waals surface area contributed by atoms with Crippen molar-refractivity contribution in [2.24, 2.45) is 0 Å². The van der Waals surface area contributed by atoms with E-state index in [-0.39, 0.29) is 12.6 Å². The largest absolute Gasteiger partial charge is 0.464 e. The number of rotatable bonds is 10. The standard InChI is InChI=1S/C17H24O3/c1-2-20-17(18)15-19-14-10-5-3-4-7-11-16-12-8-6-9-13-16/h6-9,11-13H,2-5,10,14-15H2,1H3. The SMILES string of the molecule is CCOC(=O)COCCCCCC=Cc1ccccc1. The van der Waals surface area contributed by atoms with Gasteiger partial charge in [0.05, 0.1) is 6.61 Å². The lowest BCUT2D eigenvalue weighted by Gasteiger charge is -2.03. The zero-order valence-corrected chi connectivity index (χ0v) is 12.2. The van der Waals surface area contributed by atoms with Crippen molar-refractivity contribution in [1.29, 1.82) is 0 Å². The second-order valence-corrected chi connectivity index (χ2v) is 4.52. The van der Waals surface area contributed by atoms with Crippen LogP contribution in [0.3, 0.4) is 0 Å². The van der Waals surface area contributed by atoms with Crippen LogP contribution in [0.25, 0.3) is 6.08 Å². The smallest absolute Gasteiger partial charge is 0.332 e. The molecule has 0 spiro atoms. The summed E-state index contributed by atoms with van der Waals surface area (Å²) in [6, 6.07) is 10.3. The number of unbranched alkanes of at least 4 members (excludes halogenated alkanes) is 3. The highest BCUT2D eigenvalue weighted by Gasteiger charge is 2.00. The molecule has 0 bridgehead atoms. The van der Waals surface area contributed by atoms with Gasteiger partial charge in [0.15, 0.2) is 0 Å². The molecular weight excluding hydrogens is 252 g/mol. The fourth-order valence-electron chi connectivity index (χ4n) is 1.78. The Kier molecular flexibility index (Phi) is 9.24. The predicted octanol–water partition coefficient (Wildman–Crippen LogP) is 3.84. The molecule has 0 fully saturated rings. The van der Waals surface area contributed by atoms with Gasteiger partial charge in [-0.25, -0.2) is 4.79 Å². The third-order valence-electron chi connectivity index (χ3n) is 2.79. The zero-order chi connectivity index (χ0) is 14.5. The van der Waals surface area contributed by atoms with Gasteiger partial charge in [-0.05, 0) is 31.7 Å². The number of esters is 1. The zero-order valence-electron chi connectivity index (χ0n) is 12.2. The molecule has 0 saturated carbocycles. The Morgan fingerprint density at radius 1 is 1.15 bits per heavy atom. The van der Waals surface area contributed by atoms with Gasteiger partial charge in [-0.3, -0.25) is 0 Å². The van der Waals surface area contributed by atoms with Crippen LogP contribution in [-0.2, 0) is 14.3 Å². The molecular formula is C17H24O3. The van der Waals surface area contributed by atoms with Crippen molar-refractivity contribution in [1.82, 2.24) is 0 Å². The van der Waals surface area contributed by atoms with Crippen molar-refractivity contribution in [3.05, 3.63) is 42.0 Å². The van der Waals surface area contributed by atoms with Crippen molar-refractivity contribution in [2.45, 2.75) is 32.6 Å². The number of benzene rings is 1. The van der Waals surface area contributed by atoms with Crippen LogP contribution >= 0.6 is 0 Å². The summed E-state index contributed by atoms with van der Waals surface area (Å²) in [5.41, 5.74) is 1.24. The van der Waals surface area contributed by atoms with Crippen LogP contribution in [-0.4, -0.2) is 25.8 Å². The van der Waals surface area contributed by atoms with Gasteiger partial charge in [0.2, 0.25) is 0 Å². The van der Waals surface area contributed by atoms with Gasteiger partial charge in [0.25, 0.3) is 0 Å². The molecule has 0 aromatic heterocycles. The molecule has 3 heteroatoms. The monoisotopic (exact) mass is 276 g/mol. The Morgan fingerprint density at radius 2 is 1.95 bits per heavy atom. The summed E-state index contributed by atoms with van der Waals surface area (Å²) in [5, 5.41) is 0. The summed E-state index contributed by atoms with van der Waals surface area (Å²) in [6.45, 7) is 2.90. The van der Waals surface area contributed by atoms with Crippen molar-refractivity contribution in [3.63, 3.8) is 0 Å². The number of ether oxygens (including phenoxy) is 2. The molecule has 0 aliphatic carbocycles. The molecule has 0 heterocycles. The minimum atomic E-state index is -0.279. The molecule has 110 valence electrons. The molecule has 1 rings (SSSR count). The van der Waals surface area contributed by atoms with Gasteiger partial charge in [-0.1, -0.05) is 48.9 Å². The maximum Gasteiger partial charge on any atom is 0.332 e. The maximum atomic E-state index is 11.0. The lowest BCUT2D eigenvalue weighted by Crippen LogP contribution is -2.12. The van der Waals surface area contributed by atoms with Gasteiger partial charge in [0.1, 0.15) is 6.61 Å². The highest BCUT2D eigenvalue weighted by atomic mass is 16.6. The van der Waals surface area contributed by atoms with Crippen molar-refractivity contribution < 1.29 is 14.3 Å². The number of allylic oxidation sites excluding steroid dienone is 1. The van der Waals surface area contributed by atoms with E-state index in [9.17, 15) is 4.79 Å². The third-order valence-corrected chi connectivity index (χ3v) is 2.79. The van der Waals surface area contributed by atoms with E-state index in [0.717, 1.165) is 25.7 Å². The van der Waals surface area contributed by atoms with Crippen LogP contribution in [0.15, 0.2) is 36.4 Å². The van der Waals surface area contributed by atoms with E-state index >= 15 is 0 Å². The van der Waals surface area contributed by atoms with Gasteiger partial charge in [-0.2, -0.15) is 0 Å². The highest BCUT2D eigenvalue weighted by Crippen LogP contribution is 2.05. The summed E-state index contributed by atoms with van der Waals surface area (Å²) < 4.78 is 10.0. The average Bonchev–Trinajstić information content (AvgIpc) is 2.47. The normalized spacial score (nSPS) is 10.8. The average molecular weight is 276 g/mol. The third kappa shape index (κ3) is 8.48. The van der Waals surface area contributed by atoms with Gasteiger partial charge in [0, 0.05) is 6.61 Å². The summed E-state index contributed by atoms with van der Waals surface area (Å²) in [5.74, 6) is -0.279. The molecule has 20 heavy (non-hydrogen) atoms.